The third-order valence-corrected chi connectivity index (χ3v) is 2.78. The predicted octanol–water partition coefficient (Wildman–Crippen LogP) is 1.15. The second-order valence-electron chi connectivity index (χ2n) is 4.10. The second kappa shape index (κ2) is 6.18. The van der Waals surface area contributed by atoms with Gasteiger partial charge in [0, 0.05) is 6.08 Å². The number of nitrogens with zero attached hydrogens (tertiary/aromatic N) is 1. The van der Waals surface area contributed by atoms with Crippen molar-refractivity contribution in [2.45, 2.75) is 6.92 Å². The molecule has 0 aromatic heterocycles. The van der Waals surface area contributed by atoms with Gasteiger partial charge in [-0.2, -0.15) is 0 Å². The number of hydrogen-bond donors (Lipinski definition) is 0. The Kier molecular flexibility index (Phi) is 4.34. The van der Waals surface area contributed by atoms with Crippen molar-refractivity contribution in [3.05, 3.63) is 35.8 Å². The zero-order chi connectivity index (χ0) is 14.5. The van der Waals surface area contributed by atoms with E-state index in [9.17, 15) is 9.59 Å². The summed E-state index contributed by atoms with van der Waals surface area (Å²) in [6.07, 6.45) is 6.47. The number of rotatable bonds is 5. The maximum absolute atomic E-state index is 11.5. The number of fused-ring (bicyclic) bond motifs is 1. The number of ether oxygens (including phenoxy) is 3. The number of hydrogen-bond acceptors (Lipinski definition) is 5. The van der Waals surface area contributed by atoms with Crippen LogP contribution in [0.25, 0.3) is 0 Å². The number of amides is 1. The molecule has 106 valence electrons. The summed E-state index contributed by atoms with van der Waals surface area (Å²) in [4.78, 5) is 26.7. The predicted molar refractivity (Wildman–Crippen MR) is 70.8 cm³/mol. The van der Waals surface area contributed by atoms with Gasteiger partial charge in [0.2, 0.25) is 0 Å². The van der Waals surface area contributed by atoms with Crippen molar-refractivity contribution in [3.63, 3.8) is 0 Å². The van der Waals surface area contributed by atoms with Gasteiger partial charge in [-0.1, -0.05) is 0 Å². The van der Waals surface area contributed by atoms with Crippen LogP contribution < -0.4 is 0 Å². The highest BCUT2D eigenvalue weighted by Gasteiger charge is 2.27. The van der Waals surface area contributed by atoms with E-state index in [1.807, 2.05) is 0 Å². The molecule has 2 rings (SSSR count). The van der Waals surface area contributed by atoms with Crippen LogP contribution in [0.4, 0.5) is 0 Å². The van der Waals surface area contributed by atoms with Crippen LogP contribution in [0, 0.1) is 5.92 Å². The molecule has 1 aliphatic heterocycles. The van der Waals surface area contributed by atoms with Crippen molar-refractivity contribution >= 4 is 17.6 Å². The highest BCUT2D eigenvalue weighted by atomic mass is 16.6. The maximum atomic E-state index is 11.5. The Hall–Kier alpha value is -2.37. The van der Waals surface area contributed by atoms with E-state index in [1.165, 1.54) is 6.08 Å². The van der Waals surface area contributed by atoms with Crippen LogP contribution in [0.3, 0.4) is 0 Å². The number of allylic oxidation sites excluding steroid dienone is 3. The number of carbonyl (C=O) groups excluding carboxylic acids is 2. The first kappa shape index (κ1) is 14.0. The van der Waals surface area contributed by atoms with Crippen molar-refractivity contribution in [2.24, 2.45) is 10.9 Å². The van der Waals surface area contributed by atoms with Gasteiger partial charge < -0.3 is 14.2 Å². The quantitative estimate of drug-likeness (QED) is 0.705. The van der Waals surface area contributed by atoms with Crippen molar-refractivity contribution in [3.8, 4) is 0 Å². The van der Waals surface area contributed by atoms with Crippen LogP contribution in [-0.2, 0) is 23.8 Å². The van der Waals surface area contributed by atoms with E-state index >= 15 is 0 Å². The maximum Gasteiger partial charge on any atom is 0.344 e. The van der Waals surface area contributed by atoms with Crippen LogP contribution in [0.15, 0.2) is 40.8 Å². The van der Waals surface area contributed by atoms with Crippen molar-refractivity contribution in [1.29, 1.82) is 0 Å². The minimum absolute atomic E-state index is 0.239. The zero-order valence-corrected chi connectivity index (χ0v) is 11.3. The molecule has 1 atom stereocenters. The summed E-state index contributed by atoms with van der Waals surface area (Å²) in [5.41, 5.74) is 0.567. The summed E-state index contributed by atoms with van der Waals surface area (Å²) in [6.45, 7) is 1.76. The minimum Gasteiger partial charge on any atom is -0.497 e. The smallest absolute Gasteiger partial charge is 0.344 e. The highest BCUT2D eigenvalue weighted by molar-refractivity contribution is 6.12. The van der Waals surface area contributed by atoms with Crippen molar-refractivity contribution < 1.29 is 23.8 Å². The fraction of sp³-hybridized carbons (Fsp3) is 0.357. The van der Waals surface area contributed by atoms with E-state index in [4.69, 9.17) is 14.2 Å². The molecule has 1 heterocycles. The van der Waals surface area contributed by atoms with Gasteiger partial charge >= 0.3 is 5.97 Å². The van der Waals surface area contributed by atoms with E-state index in [1.54, 1.807) is 32.3 Å². The number of aliphatic imine (C=N–C) groups is 1. The molecule has 0 aromatic rings. The first-order valence-electron chi connectivity index (χ1n) is 6.20. The van der Waals surface area contributed by atoms with E-state index in [0.717, 1.165) is 0 Å². The summed E-state index contributed by atoms with van der Waals surface area (Å²) < 4.78 is 15.3. The van der Waals surface area contributed by atoms with Crippen LogP contribution >= 0.6 is 0 Å². The van der Waals surface area contributed by atoms with E-state index in [-0.39, 0.29) is 19.1 Å². The number of dihydropyridines is 1. The van der Waals surface area contributed by atoms with Gasteiger partial charge in [0.05, 0.1) is 25.3 Å². The Balaban J connectivity index is 2.11. The average molecular weight is 277 g/mol. The molecule has 1 unspecified atom stereocenters. The van der Waals surface area contributed by atoms with Crippen molar-refractivity contribution in [1.82, 2.24) is 0 Å². The molecule has 6 heteroatoms. The fourth-order valence-corrected chi connectivity index (χ4v) is 1.89. The summed E-state index contributed by atoms with van der Waals surface area (Å²) in [6, 6.07) is 0. The first-order chi connectivity index (χ1) is 9.63. The molecule has 6 nitrogen and oxygen atoms in total. The molecule has 0 radical (unpaired) electrons. The standard InChI is InChI=1S/C14H15NO5/c1-3-19-14(17)8-20-12-7-13(16)15-11-5-4-9(18-2)6-10(11)12/h4-7,10H,3,8H2,1-2H3. The van der Waals surface area contributed by atoms with Gasteiger partial charge in [-0.25, -0.2) is 9.79 Å². The molecule has 0 spiro atoms. The Morgan fingerprint density at radius 2 is 2.20 bits per heavy atom. The zero-order valence-electron chi connectivity index (χ0n) is 11.3. The van der Waals surface area contributed by atoms with Gasteiger partial charge in [-0.15, -0.1) is 0 Å². The molecular weight excluding hydrogens is 262 g/mol. The molecule has 0 aromatic carbocycles. The molecule has 0 saturated carbocycles. The lowest BCUT2D eigenvalue weighted by Crippen LogP contribution is -2.25. The van der Waals surface area contributed by atoms with Gasteiger partial charge in [0.1, 0.15) is 11.5 Å². The van der Waals surface area contributed by atoms with Gasteiger partial charge in [-0.05, 0) is 25.2 Å². The number of carbonyl (C=O) groups is 2. The average Bonchev–Trinajstić information content (AvgIpc) is 2.44. The lowest BCUT2D eigenvalue weighted by Gasteiger charge is -2.23. The van der Waals surface area contributed by atoms with Gasteiger partial charge in [0.15, 0.2) is 6.61 Å². The summed E-state index contributed by atoms with van der Waals surface area (Å²) >= 11 is 0. The van der Waals surface area contributed by atoms with Crippen LogP contribution in [0.2, 0.25) is 0 Å². The molecule has 0 N–H and O–H groups in total. The molecule has 20 heavy (non-hydrogen) atoms. The number of esters is 1. The van der Waals surface area contributed by atoms with Gasteiger partial charge in [-0.3, -0.25) is 4.79 Å². The van der Waals surface area contributed by atoms with Crippen LogP contribution in [0.5, 0.6) is 0 Å². The minimum atomic E-state index is -0.479. The van der Waals surface area contributed by atoms with Crippen LogP contribution in [0.1, 0.15) is 6.92 Å². The van der Waals surface area contributed by atoms with E-state index in [0.29, 0.717) is 17.2 Å². The Morgan fingerprint density at radius 3 is 2.90 bits per heavy atom. The Labute approximate surface area is 116 Å². The van der Waals surface area contributed by atoms with Crippen molar-refractivity contribution in [2.75, 3.05) is 20.3 Å². The van der Waals surface area contributed by atoms with E-state index in [2.05, 4.69) is 4.99 Å². The first-order valence-corrected chi connectivity index (χ1v) is 6.20. The monoisotopic (exact) mass is 277 g/mol. The SMILES string of the molecule is CCOC(=O)COC1=CC(=O)N=C2C=CC(OC)=CC12. The molecule has 2 aliphatic rings. The van der Waals surface area contributed by atoms with E-state index < -0.39 is 11.9 Å². The highest BCUT2D eigenvalue weighted by Crippen LogP contribution is 2.26. The molecule has 0 fully saturated rings. The molecule has 1 aliphatic carbocycles. The normalized spacial score (nSPS) is 20.4. The second-order valence-corrected chi connectivity index (χ2v) is 4.10. The topological polar surface area (TPSA) is 74.2 Å². The third-order valence-electron chi connectivity index (χ3n) is 2.78. The lowest BCUT2D eigenvalue weighted by atomic mass is 9.93. The molecule has 0 saturated heterocycles. The molecule has 0 bridgehead atoms. The van der Waals surface area contributed by atoms with Gasteiger partial charge in [0.25, 0.3) is 5.91 Å². The largest absolute Gasteiger partial charge is 0.497 e. The number of methoxy groups -OCH3 is 1. The molecule has 1 amide bonds. The molecular formula is C14H15NO5. The van der Waals surface area contributed by atoms with Crippen LogP contribution in [-0.4, -0.2) is 37.9 Å². The lowest BCUT2D eigenvalue weighted by molar-refractivity contribution is -0.147. The fourth-order valence-electron chi connectivity index (χ4n) is 1.89. The Morgan fingerprint density at radius 1 is 1.40 bits per heavy atom. The Bertz CT molecular complexity index is 542. The summed E-state index contributed by atoms with van der Waals surface area (Å²) in [5, 5.41) is 0. The summed E-state index contributed by atoms with van der Waals surface area (Å²) in [5.74, 6) is -0.191. The summed E-state index contributed by atoms with van der Waals surface area (Å²) in [7, 11) is 1.55. The third kappa shape index (κ3) is 3.14.